The lowest BCUT2D eigenvalue weighted by atomic mass is 10.1. The maximum absolute atomic E-state index is 5.63. The Kier molecular flexibility index (Phi) is 5.72. The predicted octanol–water partition coefficient (Wildman–Crippen LogP) is 3.04. The smallest absolute Gasteiger partial charge is 0.145 e. The first-order chi connectivity index (χ1) is 8.95. The minimum atomic E-state index is 0. The highest BCUT2D eigenvalue weighted by Gasteiger charge is 2.25. The summed E-state index contributed by atoms with van der Waals surface area (Å²) in [4.78, 5) is 2.37. The third kappa shape index (κ3) is 4.62. The van der Waals surface area contributed by atoms with Crippen molar-refractivity contribution in [2.24, 2.45) is 0 Å². The highest BCUT2D eigenvalue weighted by molar-refractivity contribution is 5.85. The first-order valence-electron chi connectivity index (χ1n) is 6.54. The highest BCUT2D eigenvalue weighted by Crippen LogP contribution is 2.20. The molecule has 1 heterocycles. The summed E-state index contributed by atoms with van der Waals surface area (Å²) in [6, 6.07) is 7.32. The van der Waals surface area contributed by atoms with E-state index in [0.717, 1.165) is 30.3 Å². The zero-order valence-electron chi connectivity index (χ0n) is 12.3. The Morgan fingerprint density at radius 2 is 1.90 bits per heavy atom. The van der Waals surface area contributed by atoms with Gasteiger partial charge in [-0.2, -0.15) is 0 Å². The van der Waals surface area contributed by atoms with E-state index in [1.165, 1.54) is 0 Å². The third-order valence-corrected chi connectivity index (χ3v) is 3.15. The van der Waals surface area contributed by atoms with Gasteiger partial charge in [-0.3, -0.25) is 4.90 Å². The number of nitrogens with zero attached hydrogens (tertiary/aromatic N) is 1. The molecule has 4 nitrogen and oxygen atoms in total. The van der Waals surface area contributed by atoms with E-state index in [9.17, 15) is 0 Å². The molecule has 1 aromatic carbocycles. The Morgan fingerprint density at radius 3 is 2.50 bits per heavy atom. The van der Waals surface area contributed by atoms with Crippen LogP contribution in [0.3, 0.4) is 0 Å². The molecule has 1 aliphatic rings. The Labute approximate surface area is 127 Å². The van der Waals surface area contributed by atoms with E-state index >= 15 is 0 Å². The van der Waals surface area contributed by atoms with Crippen molar-refractivity contribution in [3.63, 3.8) is 0 Å². The van der Waals surface area contributed by atoms with Gasteiger partial charge in [0.25, 0.3) is 0 Å². The topological polar surface area (TPSA) is 47.7 Å². The van der Waals surface area contributed by atoms with Crippen molar-refractivity contribution in [1.82, 2.24) is 4.90 Å². The van der Waals surface area contributed by atoms with Crippen LogP contribution in [0.15, 0.2) is 36.3 Å². The normalized spacial score (nSPS) is 18.2. The Balaban J connectivity index is 0.00000200. The number of nitrogens with two attached hydrogens (primary N) is 1. The number of anilines is 1. The molecule has 1 saturated heterocycles. The molecule has 1 aliphatic heterocycles. The molecule has 0 bridgehead atoms. The van der Waals surface area contributed by atoms with Crippen LogP contribution in [0.25, 0.3) is 0 Å². The van der Waals surface area contributed by atoms with Crippen molar-refractivity contribution in [1.29, 1.82) is 0 Å². The van der Waals surface area contributed by atoms with Crippen molar-refractivity contribution in [3.8, 4) is 5.75 Å². The monoisotopic (exact) mass is 298 g/mol. The van der Waals surface area contributed by atoms with Gasteiger partial charge in [-0.1, -0.05) is 0 Å². The van der Waals surface area contributed by atoms with Crippen LogP contribution in [-0.4, -0.2) is 30.1 Å². The van der Waals surface area contributed by atoms with Gasteiger partial charge in [0.2, 0.25) is 0 Å². The number of hydrogen-bond donors (Lipinski definition) is 1. The van der Waals surface area contributed by atoms with E-state index < -0.39 is 0 Å². The number of benzene rings is 1. The number of nitrogen functional groups attached to an aromatic ring is 1. The molecule has 1 aromatic rings. The van der Waals surface area contributed by atoms with Gasteiger partial charge in [0.05, 0.1) is 6.54 Å². The van der Waals surface area contributed by atoms with E-state index in [1.54, 1.807) is 6.26 Å². The van der Waals surface area contributed by atoms with Crippen LogP contribution in [0, 0.1) is 0 Å². The predicted molar refractivity (Wildman–Crippen MR) is 84.1 cm³/mol. The largest absolute Gasteiger partial charge is 0.492 e. The van der Waals surface area contributed by atoms with Crippen molar-refractivity contribution >= 4 is 18.1 Å². The van der Waals surface area contributed by atoms with Crippen molar-refractivity contribution in [2.75, 3.05) is 25.4 Å². The second kappa shape index (κ2) is 6.86. The molecular weight excluding hydrogens is 276 g/mol. The summed E-state index contributed by atoms with van der Waals surface area (Å²) in [7, 11) is 0. The molecule has 20 heavy (non-hydrogen) atoms. The summed E-state index contributed by atoms with van der Waals surface area (Å²) >= 11 is 0. The maximum Gasteiger partial charge on any atom is 0.145 e. The zero-order chi connectivity index (χ0) is 13.9. The average molecular weight is 299 g/mol. The van der Waals surface area contributed by atoms with E-state index in [4.69, 9.17) is 15.2 Å². The number of rotatable bonds is 2. The molecule has 2 rings (SSSR count). The van der Waals surface area contributed by atoms with E-state index in [-0.39, 0.29) is 17.9 Å². The maximum atomic E-state index is 5.63. The van der Waals surface area contributed by atoms with E-state index in [0.29, 0.717) is 6.61 Å². The fourth-order valence-corrected chi connectivity index (χ4v) is 1.92. The fourth-order valence-electron chi connectivity index (χ4n) is 1.92. The van der Waals surface area contributed by atoms with Crippen LogP contribution in [-0.2, 0) is 4.74 Å². The quantitative estimate of drug-likeness (QED) is 0.673. The second-order valence-electron chi connectivity index (χ2n) is 5.71. The van der Waals surface area contributed by atoms with Crippen LogP contribution in [0.2, 0.25) is 0 Å². The summed E-state index contributed by atoms with van der Waals surface area (Å²) in [6.07, 6.45) is 1.68. The minimum Gasteiger partial charge on any atom is -0.492 e. The second-order valence-corrected chi connectivity index (χ2v) is 5.71. The lowest BCUT2D eigenvalue weighted by Crippen LogP contribution is -2.47. The molecule has 0 aliphatic carbocycles. The minimum absolute atomic E-state index is 0. The molecule has 2 N–H and O–H groups in total. The van der Waals surface area contributed by atoms with Crippen molar-refractivity contribution in [3.05, 3.63) is 36.3 Å². The molecule has 112 valence electrons. The van der Waals surface area contributed by atoms with Gasteiger partial charge in [0.1, 0.15) is 24.4 Å². The van der Waals surface area contributed by atoms with E-state index in [2.05, 4.69) is 25.7 Å². The van der Waals surface area contributed by atoms with Gasteiger partial charge in [-0.25, -0.2) is 0 Å². The average Bonchev–Trinajstić information content (AvgIpc) is 2.37. The Morgan fingerprint density at radius 1 is 1.25 bits per heavy atom. The number of morpholine rings is 1. The molecule has 5 heteroatoms. The molecule has 0 radical (unpaired) electrons. The molecular formula is C15H23ClN2O2. The van der Waals surface area contributed by atoms with Gasteiger partial charge in [0.15, 0.2) is 0 Å². The summed E-state index contributed by atoms with van der Waals surface area (Å²) in [5.74, 6) is 1.62. The fraction of sp³-hybridized carbons (Fsp3) is 0.467. The Hall–Kier alpha value is -1.39. The van der Waals surface area contributed by atoms with Crippen molar-refractivity contribution < 1.29 is 9.47 Å². The van der Waals surface area contributed by atoms with Crippen molar-refractivity contribution in [2.45, 2.75) is 26.3 Å². The van der Waals surface area contributed by atoms with Crippen LogP contribution in [0.1, 0.15) is 20.8 Å². The third-order valence-electron chi connectivity index (χ3n) is 3.15. The van der Waals surface area contributed by atoms with Gasteiger partial charge in [-0.15, -0.1) is 12.4 Å². The Bertz CT molecular complexity index is 452. The molecule has 1 fully saturated rings. The first kappa shape index (κ1) is 16.7. The SMILES string of the molecule is CC(C)(C)N1CCOC(=COc2ccc(N)cc2)C1.Cl. The summed E-state index contributed by atoms with van der Waals surface area (Å²) in [6.45, 7) is 9.04. The number of hydrogen-bond acceptors (Lipinski definition) is 4. The zero-order valence-corrected chi connectivity index (χ0v) is 13.1. The van der Waals surface area contributed by atoms with Crippen LogP contribution in [0.4, 0.5) is 5.69 Å². The lowest BCUT2D eigenvalue weighted by Gasteiger charge is -2.38. The molecule has 0 atom stereocenters. The molecule has 0 saturated carbocycles. The van der Waals surface area contributed by atoms with E-state index in [1.807, 2.05) is 24.3 Å². The van der Waals surface area contributed by atoms with Gasteiger partial charge in [0, 0.05) is 17.8 Å². The van der Waals surface area contributed by atoms with Crippen LogP contribution >= 0.6 is 12.4 Å². The molecule has 0 unspecified atom stereocenters. The summed E-state index contributed by atoms with van der Waals surface area (Å²) < 4.78 is 11.2. The molecule has 0 amide bonds. The highest BCUT2D eigenvalue weighted by atomic mass is 35.5. The summed E-state index contributed by atoms with van der Waals surface area (Å²) in [5.41, 5.74) is 6.50. The molecule has 0 spiro atoms. The lowest BCUT2D eigenvalue weighted by molar-refractivity contribution is 0.0360. The number of ether oxygens (including phenoxy) is 2. The first-order valence-corrected chi connectivity index (χ1v) is 6.54. The van der Waals surface area contributed by atoms with Gasteiger partial charge >= 0.3 is 0 Å². The summed E-state index contributed by atoms with van der Waals surface area (Å²) in [5, 5.41) is 0. The molecule has 0 aromatic heterocycles. The van der Waals surface area contributed by atoms with Crippen LogP contribution < -0.4 is 10.5 Å². The standard InChI is InChI=1S/C15H22N2O2.ClH/c1-15(2,3)17-8-9-18-14(10-17)11-19-13-6-4-12(16)5-7-13;/h4-7,11H,8-10,16H2,1-3H3;1H. The van der Waals surface area contributed by atoms with Gasteiger partial charge in [-0.05, 0) is 45.0 Å². The van der Waals surface area contributed by atoms with Crippen LogP contribution in [0.5, 0.6) is 5.75 Å². The number of halogens is 1. The van der Waals surface area contributed by atoms with Gasteiger partial charge < -0.3 is 15.2 Å².